The number of allylic oxidation sites excluding steroid dienone is 2. The summed E-state index contributed by atoms with van der Waals surface area (Å²) in [6.45, 7) is 2.36. The van der Waals surface area contributed by atoms with Gasteiger partial charge in [0.05, 0.1) is 12.2 Å². The second-order valence-corrected chi connectivity index (χ2v) is 8.50. The van der Waals surface area contributed by atoms with Crippen LogP contribution in [0.15, 0.2) is 85.0 Å². The first-order valence-electron chi connectivity index (χ1n) is 11.9. The summed E-state index contributed by atoms with van der Waals surface area (Å²) in [4.78, 5) is 24.4. The number of hydrogen-bond donors (Lipinski definition) is 3. The number of carbonyl (C=O) groups is 2. The Kier molecular flexibility index (Phi) is 7.97. The van der Waals surface area contributed by atoms with Crippen LogP contribution in [0.2, 0.25) is 0 Å². The molecule has 0 aromatic heterocycles. The number of ether oxygens (including phenoxy) is 1. The number of nitrogens with one attached hydrogen (secondary N) is 2. The van der Waals surface area contributed by atoms with E-state index in [9.17, 15) is 27.9 Å². The number of halogens is 3. The predicted molar refractivity (Wildman–Crippen MR) is 139 cm³/mol. The number of aliphatic hydroxyl groups excluding tert-OH is 1. The number of rotatable bonds is 7. The van der Waals surface area contributed by atoms with Crippen LogP contribution in [0.3, 0.4) is 0 Å². The average molecular weight is 523 g/mol. The summed E-state index contributed by atoms with van der Waals surface area (Å²) in [7, 11) is 0. The molecule has 0 saturated carbocycles. The first kappa shape index (κ1) is 26.7. The molecule has 0 aliphatic carbocycles. The van der Waals surface area contributed by atoms with Crippen LogP contribution in [-0.2, 0) is 22.2 Å². The molecule has 3 aromatic rings. The van der Waals surface area contributed by atoms with Crippen molar-refractivity contribution < 1.29 is 32.6 Å². The number of fused-ring (bicyclic) bond motifs is 1. The van der Waals surface area contributed by atoms with Crippen molar-refractivity contribution in [1.29, 1.82) is 0 Å². The van der Waals surface area contributed by atoms with E-state index in [0.717, 1.165) is 17.7 Å². The Bertz CT molecular complexity index is 1380. The maximum atomic E-state index is 13.1. The highest BCUT2D eigenvalue weighted by Gasteiger charge is 2.30. The number of hydrogen-bond acceptors (Lipinski definition) is 4. The highest BCUT2D eigenvalue weighted by molar-refractivity contribution is 6.03. The molecule has 1 heterocycles. The molecular formula is C29H25F3N2O4. The average Bonchev–Trinajstić information content (AvgIpc) is 2.88. The van der Waals surface area contributed by atoms with Crippen molar-refractivity contribution in [2.75, 3.05) is 17.2 Å². The summed E-state index contributed by atoms with van der Waals surface area (Å²) >= 11 is 0. The topological polar surface area (TPSA) is 87.7 Å². The first-order valence-corrected chi connectivity index (χ1v) is 11.9. The SMILES string of the molecule is CCOc1ccc(/C(=C\C=C\C(=O)Nc2cccc3c2CC(O)C(=O)N3)c2ccc(C(F)(F)F)cc2)cc1. The molecule has 196 valence electrons. The number of aliphatic hydroxyl groups is 1. The van der Waals surface area contributed by atoms with Crippen molar-refractivity contribution in [3.63, 3.8) is 0 Å². The van der Waals surface area contributed by atoms with Gasteiger partial charge in [0.25, 0.3) is 5.91 Å². The van der Waals surface area contributed by atoms with Crippen molar-refractivity contribution in [3.05, 3.63) is 107 Å². The summed E-state index contributed by atoms with van der Waals surface area (Å²) < 4.78 is 44.6. The molecule has 4 rings (SSSR count). The highest BCUT2D eigenvalue weighted by Crippen LogP contribution is 2.32. The van der Waals surface area contributed by atoms with Crippen LogP contribution >= 0.6 is 0 Å². The van der Waals surface area contributed by atoms with Crippen LogP contribution in [0.5, 0.6) is 5.75 Å². The molecule has 0 bridgehead atoms. The molecule has 0 saturated heterocycles. The Morgan fingerprint density at radius 2 is 1.74 bits per heavy atom. The maximum absolute atomic E-state index is 13.1. The Labute approximate surface area is 217 Å². The summed E-state index contributed by atoms with van der Waals surface area (Å²) in [5.41, 5.74) is 2.69. The monoisotopic (exact) mass is 522 g/mol. The van der Waals surface area contributed by atoms with Crippen LogP contribution in [0, 0.1) is 0 Å². The molecule has 2 amide bonds. The van der Waals surface area contributed by atoms with Gasteiger partial charge in [-0.1, -0.05) is 42.5 Å². The van der Waals surface area contributed by atoms with Gasteiger partial charge in [-0.3, -0.25) is 9.59 Å². The normalized spacial score (nSPS) is 15.7. The lowest BCUT2D eigenvalue weighted by atomic mass is 9.96. The van der Waals surface area contributed by atoms with Crippen LogP contribution in [-0.4, -0.2) is 29.6 Å². The second kappa shape index (κ2) is 11.4. The van der Waals surface area contributed by atoms with Gasteiger partial charge in [0, 0.05) is 29.4 Å². The molecule has 0 spiro atoms. The van der Waals surface area contributed by atoms with E-state index in [-0.39, 0.29) is 6.42 Å². The quantitative estimate of drug-likeness (QED) is 0.279. The Hall–Kier alpha value is -4.37. The minimum Gasteiger partial charge on any atom is -0.494 e. The molecule has 0 radical (unpaired) electrons. The highest BCUT2D eigenvalue weighted by atomic mass is 19.4. The minimum atomic E-state index is -4.45. The molecule has 3 aromatic carbocycles. The summed E-state index contributed by atoms with van der Waals surface area (Å²) in [5, 5.41) is 15.2. The summed E-state index contributed by atoms with van der Waals surface area (Å²) in [6, 6.07) is 16.9. The van der Waals surface area contributed by atoms with E-state index in [1.807, 2.05) is 6.92 Å². The van der Waals surface area contributed by atoms with Gasteiger partial charge in [0.15, 0.2) is 0 Å². The lowest BCUT2D eigenvalue weighted by Gasteiger charge is -2.23. The fourth-order valence-electron chi connectivity index (χ4n) is 4.04. The Morgan fingerprint density at radius 3 is 2.37 bits per heavy atom. The number of benzene rings is 3. The van der Waals surface area contributed by atoms with E-state index in [4.69, 9.17) is 4.74 Å². The van der Waals surface area contributed by atoms with Crippen LogP contribution in [0.1, 0.15) is 29.2 Å². The van der Waals surface area contributed by atoms with E-state index >= 15 is 0 Å². The molecule has 6 nitrogen and oxygen atoms in total. The lowest BCUT2D eigenvalue weighted by molar-refractivity contribution is -0.137. The van der Waals surface area contributed by atoms with Crippen molar-refractivity contribution >= 4 is 28.8 Å². The van der Waals surface area contributed by atoms with E-state index < -0.39 is 29.7 Å². The van der Waals surface area contributed by atoms with Crippen LogP contribution in [0.25, 0.3) is 5.57 Å². The van der Waals surface area contributed by atoms with E-state index in [1.165, 1.54) is 24.3 Å². The first-order chi connectivity index (χ1) is 18.2. The van der Waals surface area contributed by atoms with Gasteiger partial charge in [-0.25, -0.2) is 0 Å². The van der Waals surface area contributed by atoms with Crippen molar-refractivity contribution in [3.8, 4) is 5.75 Å². The zero-order chi connectivity index (χ0) is 27.3. The molecule has 9 heteroatoms. The molecule has 0 fully saturated rings. The van der Waals surface area contributed by atoms with E-state index in [0.29, 0.717) is 40.4 Å². The molecule has 3 N–H and O–H groups in total. The zero-order valence-corrected chi connectivity index (χ0v) is 20.4. The van der Waals surface area contributed by atoms with Gasteiger partial charge in [-0.05, 0) is 60.0 Å². The van der Waals surface area contributed by atoms with Gasteiger partial charge in [-0.2, -0.15) is 13.2 Å². The van der Waals surface area contributed by atoms with Gasteiger partial charge in [0.2, 0.25) is 5.91 Å². The smallest absolute Gasteiger partial charge is 0.416 e. The second-order valence-electron chi connectivity index (χ2n) is 8.50. The van der Waals surface area contributed by atoms with Gasteiger partial charge >= 0.3 is 6.18 Å². The molecule has 1 unspecified atom stereocenters. The third-order valence-electron chi connectivity index (χ3n) is 5.90. The third kappa shape index (κ3) is 6.30. The van der Waals surface area contributed by atoms with Crippen molar-refractivity contribution in [2.24, 2.45) is 0 Å². The molecule has 1 aliphatic heterocycles. The molecule has 1 atom stereocenters. The maximum Gasteiger partial charge on any atom is 0.416 e. The van der Waals surface area contributed by atoms with Crippen LogP contribution in [0.4, 0.5) is 24.5 Å². The van der Waals surface area contributed by atoms with Gasteiger partial charge in [-0.15, -0.1) is 0 Å². The van der Waals surface area contributed by atoms with Crippen molar-refractivity contribution in [2.45, 2.75) is 25.6 Å². The van der Waals surface area contributed by atoms with Gasteiger partial charge in [0.1, 0.15) is 11.9 Å². The van der Waals surface area contributed by atoms with E-state index in [2.05, 4.69) is 10.6 Å². The largest absolute Gasteiger partial charge is 0.494 e. The number of carbonyl (C=O) groups excluding carboxylic acids is 2. The Morgan fingerprint density at radius 1 is 1.08 bits per heavy atom. The van der Waals surface area contributed by atoms with Crippen LogP contribution < -0.4 is 15.4 Å². The molecule has 1 aliphatic rings. The lowest BCUT2D eigenvalue weighted by Crippen LogP contribution is -2.34. The number of anilines is 2. The Balaban J connectivity index is 1.59. The zero-order valence-electron chi connectivity index (χ0n) is 20.4. The predicted octanol–water partition coefficient (Wildman–Crippen LogP) is 5.59. The molecular weight excluding hydrogens is 497 g/mol. The summed E-state index contributed by atoms with van der Waals surface area (Å²) in [6.07, 6.45) is -1.16. The molecule has 38 heavy (non-hydrogen) atoms. The fraction of sp³-hybridized carbons (Fsp3) is 0.172. The van der Waals surface area contributed by atoms with Gasteiger partial charge < -0.3 is 20.5 Å². The third-order valence-corrected chi connectivity index (χ3v) is 5.90. The fourth-order valence-corrected chi connectivity index (χ4v) is 4.04. The number of alkyl halides is 3. The number of amides is 2. The standard InChI is InChI=1S/C29H25F3N2O4/c1-2-38-21-15-11-19(12-16-21)22(18-9-13-20(14-10-18)29(30,31)32)5-3-8-27(36)33-24-6-4-7-25-23(24)17-26(35)28(37)34-25/h3-16,26,35H,2,17H2,1H3,(H,33,36)(H,34,37)/b8-3+,22-5-. The van der Waals surface area contributed by atoms with Crippen molar-refractivity contribution in [1.82, 2.24) is 0 Å². The minimum absolute atomic E-state index is 0.0665. The van der Waals surface area contributed by atoms with E-state index in [1.54, 1.807) is 48.5 Å². The summed E-state index contributed by atoms with van der Waals surface area (Å²) in [5.74, 6) is -0.305.